The van der Waals surface area contributed by atoms with Crippen LogP contribution in [0.1, 0.15) is 0 Å². The van der Waals surface area contributed by atoms with Crippen molar-refractivity contribution in [2.24, 2.45) is 0 Å². The number of fused-ring (bicyclic) bond motifs is 21. The first kappa shape index (κ1) is 43.0. The van der Waals surface area contributed by atoms with Gasteiger partial charge < -0.3 is 13.3 Å². The molecule has 15 rings (SSSR count). The van der Waals surface area contributed by atoms with Gasteiger partial charge in [0.05, 0.1) is 0 Å². The highest BCUT2D eigenvalue weighted by Crippen LogP contribution is 2.44. The standard InChI is InChI=1S/3C20H15ClOSi/c1-23(2)17-11-10-16-18(12-6-3-4-9-15(12)22-16)19(17)13-7-5-8-14(21)20(13)23;1-23(2)16-9-5-7-13(21)19(16)20-17(23)11-10-15-18(20)12-6-3-4-8-14(12)22-15;1-23(2)17-9-7-12(21)11-14(17)20-18(23)10-8-16-19(20)13-5-3-4-6-15(13)22-16/h3*3-11H,1-2H3. The van der Waals surface area contributed by atoms with Crippen molar-refractivity contribution in [1.82, 2.24) is 0 Å². The van der Waals surface area contributed by atoms with Gasteiger partial charge in [-0.25, -0.2) is 0 Å². The van der Waals surface area contributed by atoms with Gasteiger partial charge in [-0.05, 0) is 120 Å². The minimum Gasteiger partial charge on any atom is -0.456 e. The largest absolute Gasteiger partial charge is 0.456 e. The molecule has 0 aliphatic carbocycles. The van der Waals surface area contributed by atoms with E-state index in [1.807, 2.05) is 54.6 Å². The van der Waals surface area contributed by atoms with Gasteiger partial charge in [0.2, 0.25) is 0 Å². The SMILES string of the molecule is C[Si]1(C)c2ccc(Cl)cc2-c2c1ccc1oc3ccccc3c21.C[Si]1(C)c2ccc3oc4ccccc4c3c2-c2cccc(Cl)c21.C[Si]1(C)c2cccc(Cl)c2-c2c1ccc1oc3ccccc3c21. The molecule has 0 saturated heterocycles. The van der Waals surface area contributed by atoms with E-state index >= 15 is 0 Å². The van der Waals surface area contributed by atoms with Gasteiger partial charge in [-0.2, -0.15) is 0 Å². The van der Waals surface area contributed by atoms with E-state index in [2.05, 4.69) is 148 Å². The number of benzene rings is 9. The van der Waals surface area contributed by atoms with Crippen LogP contribution in [0.15, 0.2) is 177 Å². The van der Waals surface area contributed by atoms with Gasteiger partial charge in [-0.15, -0.1) is 0 Å². The number of furan rings is 3. The fourth-order valence-electron chi connectivity index (χ4n) is 12.2. The second-order valence-corrected chi connectivity index (χ2v) is 34.5. The van der Waals surface area contributed by atoms with Crippen LogP contribution in [0.4, 0.5) is 0 Å². The van der Waals surface area contributed by atoms with Crippen LogP contribution < -0.4 is 31.1 Å². The first-order valence-corrected chi connectivity index (χ1v) is 33.6. The normalized spacial score (nSPS) is 15.1. The minimum absolute atomic E-state index is 0.797. The van der Waals surface area contributed by atoms with E-state index in [1.165, 1.54) is 96.8 Å². The molecule has 3 aliphatic heterocycles. The number of hydrogen-bond acceptors (Lipinski definition) is 3. The third-order valence-electron chi connectivity index (χ3n) is 15.4. The predicted octanol–water partition coefficient (Wildman–Crippen LogP) is 15.1. The molecule has 3 aliphatic rings. The number of halogens is 3. The zero-order valence-corrected chi connectivity index (χ0v) is 44.2. The molecule has 9 aromatic carbocycles. The molecule has 3 nitrogen and oxygen atoms in total. The molecule has 0 fully saturated rings. The zero-order valence-electron chi connectivity index (χ0n) is 38.9. The Bertz CT molecular complexity index is 4100. The average Bonchev–Trinajstić information content (AvgIpc) is 4.15. The van der Waals surface area contributed by atoms with Gasteiger partial charge in [-0.1, -0.05) is 177 Å². The Labute approximate surface area is 417 Å². The molecule has 6 heterocycles. The van der Waals surface area contributed by atoms with Crippen molar-refractivity contribution >= 4 is 156 Å². The molecule has 3 aromatic heterocycles. The summed E-state index contributed by atoms with van der Waals surface area (Å²) in [6, 6.07) is 57.0. The van der Waals surface area contributed by atoms with Crippen molar-refractivity contribution in [2.45, 2.75) is 39.3 Å². The molecule has 9 heteroatoms. The summed E-state index contributed by atoms with van der Waals surface area (Å²) in [4.78, 5) is 0. The van der Waals surface area contributed by atoms with E-state index in [0.717, 1.165) is 48.6 Å². The lowest BCUT2D eigenvalue weighted by Crippen LogP contribution is -2.49. The van der Waals surface area contributed by atoms with Crippen LogP contribution in [0.3, 0.4) is 0 Å². The lowest BCUT2D eigenvalue weighted by atomic mass is 9.99. The molecule has 0 spiro atoms. The monoisotopic (exact) mass is 1000 g/mol. The first-order chi connectivity index (χ1) is 33.2. The van der Waals surface area contributed by atoms with Gasteiger partial charge in [-0.3, -0.25) is 0 Å². The summed E-state index contributed by atoms with van der Waals surface area (Å²) in [6.07, 6.45) is 0. The fourth-order valence-corrected chi connectivity index (χ4v) is 22.9. The summed E-state index contributed by atoms with van der Waals surface area (Å²) >= 11 is 19.6. The Kier molecular flexibility index (Phi) is 9.46. The Balaban J connectivity index is 0.000000102. The first-order valence-electron chi connectivity index (χ1n) is 23.5. The molecule has 0 unspecified atom stereocenters. The number of hydrogen-bond donors (Lipinski definition) is 0. The quantitative estimate of drug-likeness (QED) is 0.142. The smallest absolute Gasteiger partial charge is 0.136 e. The highest BCUT2D eigenvalue weighted by Gasteiger charge is 2.42. The molecule has 69 heavy (non-hydrogen) atoms. The van der Waals surface area contributed by atoms with Crippen molar-refractivity contribution in [1.29, 1.82) is 0 Å². The molecule has 0 amide bonds. The van der Waals surface area contributed by atoms with Gasteiger partial charge in [0, 0.05) is 52.9 Å². The highest BCUT2D eigenvalue weighted by molar-refractivity contribution is 7.06. The summed E-state index contributed by atoms with van der Waals surface area (Å²) < 4.78 is 18.2. The minimum atomic E-state index is -1.78. The van der Waals surface area contributed by atoms with Crippen LogP contribution in [-0.4, -0.2) is 24.2 Å². The molecule has 0 saturated carbocycles. The third-order valence-corrected chi connectivity index (χ3v) is 27.1. The second-order valence-electron chi connectivity index (χ2n) is 20.3. The van der Waals surface area contributed by atoms with Crippen LogP contribution in [0, 0.1) is 0 Å². The van der Waals surface area contributed by atoms with E-state index in [9.17, 15) is 0 Å². The molecule has 0 atom stereocenters. The average molecular weight is 1000 g/mol. The van der Waals surface area contributed by atoms with E-state index in [0.29, 0.717) is 0 Å². The summed E-state index contributed by atoms with van der Waals surface area (Å²) in [5.74, 6) is 0. The Morgan fingerprint density at radius 2 is 0.739 bits per heavy atom. The number of para-hydroxylation sites is 3. The van der Waals surface area contributed by atoms with Crippen LogP contribution >= 0.6 is 34.8 Å². The van der Waals surface area contributed by atoms with E-state index in [1.54, 1.807) is 0 Å². The Hall–Kier alpha value is -6.10. The Morgan fingerprint density at radius 3 is 1.30 bits per heavy atom. The highest BCUT2D eigenvalue weighted by atomic mass is 35.5. The van der Waals surface area contributed by atoms with Crippen molar-refractivity contribution in [2.75, 3.05) is 0 Å². The summed E-state index contributed by atoms with van der Waals surface area (Å²) in [7, 11) is -5.18. The van der Waals surface area contributed by atoms with Crippen LogP contribution in [0.5, 0.6) is 0 Å². The Morgan fingerprint density at radius 1 is 0.319 bits per heavy atom. The molecule has 336 valence electrons. The van der Waals surface area contributed by atoms with Crippen molar-refractivity contribution < 1.29 is 13.3 Å². The fraction of sp³-hybridized carbons (Fsp3) is 0.100. The van der Waals surface area contributed by atoms with Crippen LogP contribution in [0.25, 0.3) is 99.2 Å². The molecular formula is C60H45Cl3O3Si3. The van der Waals surface area contributed by atoms with Crippen molar-refractivity contribution in [3.8, 4) is 33.4 Å². The van der Waals surface area contributed by atoms with Gasteiger partial charge in [0.25, 0.3) is 0 Å². The topological polar surface area (TPSA) is 39.4 Å². The van der Waals surface area contributed by atoms with E-state index in [-0.39, 0.29) is 0 Å². The molecule has 12 aromatic rings. The lowest BCUT2D eigenvalue weighted by Gasteiger charge is -2.19. The van der Waals surface area contributed by atoms with Gasteiger partial charge in [0.15, 0.2) is 0 Å². The summed E-state index contributed by atoms with van der Waals surface area (Å²) in [5.41, 5.74) is 13.5. The molecular weight excluding hydrogens is 959 g/mol. The summed E-state index contributed by atoms with van der Waals surface area (Å²) in [6.45, 7) is 14.4. The van der Waals surface area contributed by atoms with Gasteiger partial charge in [0.1, 0.15) is 57.7 Å². The second kappa shape index (κ2) is 15.2. The molecule has 0 N–H and O–H groups in total. The van der Waals surface area contributed by atoms with E-state index in [4.69, 9.17) is 48.1 Å². The van der Waals surface area contributed by atoms with Crippen LogP contribution in [-0.2, 0) is 0 Å². The van der Waals surface area contributed by atoms with Gasteiger partial charge >= 0.3 is 0 Å². The maximum atomic E-state index is 6.63. The molecule has 0 radical (unpaired) electrons. The maximum Gasteiger partial charge on any atom is 0.136 e. The van der Waals surface area contributed by atoms with E-state index < -0.39 is 24.2 Å². The number of rotatable bonds is 0. The molecule has 0 bridgehead atoms. The third kappa shape index (κ3) is 6.09. The van der Waals surface area contributed by atoms with Crippen molar-refractivity contribution in [3.05, 3.63) is 179 Å². The maximum absolute atomic E-state index is 6.63. The van der Waals surface area contributed by atoms with Crippen LogP contribution in [0.2, 0.25) is 54.3 Å². The lowest BCUT2D eigenvalue weighted by molar-refractivity contribution is 0.668. The zero-order chi connectivity index (χ0) is 47.3. The van der Waals surface area contributed by atoms with Crippen molar-refractivity contribution in [3.63, 3.8) is 0 Å². The predicted molar refractivity (Wildman–Crippen MR) is 303 cm³/mol. The summed E-state index contributed by atoms with van der Waals surface area (Å²) in [5, 5.41) is 18.4.